The number of likely N-dealkylation sites (tertiary alicyclic amines) is 1. The third kappa shape index (κ3) is 3.20. The van der Waals surface area contributed by atoms with Crippen LogP contribution in [0.2, 0.25) is 0 Å². The van der Waals surface area contributed by atoms with Crippen molar-refractivity contribution in [3.63, 3.8) is 0 Å². The van der Waals surface area contributed by atoms with Crippen LogP contribution in [-0.4, -0.2) is 30.0 Å². The molecule has 14 heavy (non-hydrogen) atoms. The van der Waals surface area contributed by atoms with Gasteiger partial charge in [0, 0.05) is 19.1 Å². The lowest BCUT2D eigenvalue weighted by molar-refractivity contribution is 0.177. The molecule has 0 atom stereocenters. The van der Waals surface area contributed by atoms with E-state index in [0.29, 0.717) is 17.4 Å². The Morgan fingerprint density at radius 3 is 2.57 bits per heavy atom. The molecular weight excluding hydrogens is 174 g/mol. The van der Waals surface area contributed by atoms with Gasteiger partial charge in [-0.25, -0.2) is 0 Å². The first kappa shape index (κ1) is 11.3. The van der Waals surface area contributed by atoms with E-state index < -0.39 is 0 Å². The van der Waals surface area contributed by atoms with Crippen molar-refractivity contribution in [3.8, 4) is 0 Å². The van der Waals surface area contributed by atoms with E-state index in [1.165, 1.54) is 12.8 Å². The lowest BCUT2D eigenvalue weighted by Crippen LogP contribution is -2.47. The standard InChI is InChI=1S/C11H23N3/c1-9(2)13-10(12)14-7-5-6-11(3,4)8-14/h9H,5-8H2,1-4H3,(H2,12,13). The second kappa shape index (κ2) is 4.20. The van der Waals surface area contributed by atoms with E-state index in [1.54, 1.807) is 0 Å². The average Bonchev–Trinajstić information content (AvgIpc) is 2.01. The Bertz CT molecular complexity index is 219. The second-order valence-corrected chi connectivity index (χ2v) is 5.27. The van der Waals surface area contributed by atoms with Crippen molar-refractivity contribution in [2.24, 2.45) is 16.1 Å². The normalized spacial score (nSPS) is 22.9. The van der Waals surface area contributed by atoms with Crippen LogP contribution in [0.3, 0.4) is 0 Å². The van der Waals surface area contributed by atoms with E-state index in [2.05, 4.69) is 37.6 Å². The summed E-state index contributed by atoms with van der Waals surface area (Å²) in [7, 11) is 0. The van der Waals surface area contributed by atoms with Gasteiger partial charge in [-0.15, -0.1) is 0 Å². The maximum absolute atomic E-state index is 5.95. The molecule has 3 heteroatoms. The number of guanidine groups is 1. The van der Waals surface area contributed by atoms with Gasteiger partial charge in [0.2, 0.25) is 0 Å². The molecule has 2 N–H and O–H groups in total. The van der Waals surface area contributed by atoms with Crippen molar-refractivity contribution >= 4 is 5.96 Å². The fourth-order valence-electron chi connectivity index (χ4n) is 1.97. The first-order valence-corrected chi connectivity index (χ1v) is 5.49. The molecule has 1 aliphatic heterocycles. The van der Waals surface area contributed by atoms with Crippen LogP contribution < -0.4 is 5.73 Å². The molecule has 0 spiro atoms. The van der Waals surface area contributed by atoms with E-state index >= 15 is 0 Å². The van der Waals surface area contributed by atoms with E-state index in [1.807, 2.05) is 0 Å². The molecule has 0 aromatic rings. The van der Waals surface area contributed by atoms with Gasteiger partial charge in [-0.1, -0.05) is 13.8 Å². The van der Waals surface area contributed by atoms with Crippen LogP contribution >= 0.6 is 0 Å². The van der Waals surface area contributed by atoms with Crippen molar-refractivity contribution in [2.45, 2.75) is 46.6 Å². The van der Waals surface area contributed by atoms with Gasteiger partial charge in [0.15, 0.2) is 5.96 Å². The van der Waals surface area contributed by atoms with Crippen molar-refractivity contribution in [2.75, 3.05) is 13.1 Å². The van der Waals surface area contributed by atoms with Crippen LogP contribution in [0.5, 0.6) is 0 Å². The molecule has 0 aliphatic carbocycles. The minimum atomic E-state index is 0.292. The Labute approximate surface area is 87.4 Å². The van der Waals surface area contributed by atoms with Gasteiger partial charge < -0.3 is 10.6 Å². The minimum Gasteiger partial charge on any atom is -0.370 e. The number of nitrogens with two attached hydrogens (primary N) is 1. The van der Waals surface area contributed by atoms with Crippen LogP contribution in [0.1, 0.15) is 40.5 Å². The van der Waals surface area contributed by atoms with E-state index in [-0.39, 0.29) is 0 Å². The Morgan fingerprint density at radius 2 is 2.07 bits per heavy atom. The summed E-state index contributed by atoms with van der Waals surface area (Å²) in [6.45, 7) is 10.8. The molecule has 0 unspecified atom stereocenters. The summed E-state index contributed by atoms with van der Waals surface area (Å²) in [4.78, 5) is 6.60. The topological polar surface area (TPSA) is 41.6 Å². The smallest absolute Gasteiger partial charge is 0.191 e. The summed E-state index contributed by atoms with van der Waals surface area (Å²) < 4.78 is 0. The van der Waals surface area contributed by atoms with Crippen molar-refractivity contribution < 1.29 is 0 Å². The predicted molar refractivity (Wildman–Crippen MR) is 61.3 cm³/mol. The van der Waals surface area contributed by atoms with E-state index in [4.69, 9.17) is 5.73 Å². The molecule has 0 bridgehead atoms. The van der Waals surface area contributed by atoms with Gasteiger partial charge in [-0.2, -0.15) is 0 Å². The zero-order chi connectivity index (χ0) is 10.8. The van der Waals surface area contributed by atoms with Crippen LogP contribution in [0.15, 0.2) is 4.99 Å². The first-order chi connectivity index (χ1) is 6.41. The van der Waals surface area contributed by atoms with Gasteiger partial charge in [-0.05, 0) is 32.1 Å². The van der Waals surface area contributed by atoms with Gasteiger partial charge in [0.25, 0.3) is 0 Å². The Hall–Kier alpha value is -0.730. The number of piperidine rings is 1. The highest BCUT2D eigenvalue weighted by Crippen LogP contribution is 2.28. The highest BCUT2D eigenvalue weighted by atomic mass is 15.3. The summed E-state index contributed by atoms with van der Waals surface area (Å²) in [5.41, 5.74) is 6.33. The summed E-state index contributed by atoms with van der Waals surface area (Å²) in [5, 5.41) is 0. The number of hydrogen-bond donors (Lipinski definition) is 1. The molecule has 1 fully saturated rings. The van der Waals surface area contributed by atoms with Crippen LogP contribution in [-0.2, 0) is 0 Å². The molecule has 82 valence electrons. The predicted octanol–water partition coefficient (Wildman–Crippen LogP) is 1.83. The molecule has 0 radical (unpaired) electrons. The van der Waals surface area contributed by atoms with Crippen molar-refractivity contribution in [3.05, 3.63) is 0 Å². The molecule has 0 amide bonds. The van der Waals surface area contributed by atoms with Gasteiger partial charge in [0.05, 0.1) is 0 Å². The molecule has 1 heterocycles. The van der Waals surface area contributed by atoms with E-state index in [0.717, 1.165) is 13.1 Å². The highest BCUT2D eigenvalue weighted by Gasteiger charge is 2.27. The maximum atomic E-state index is 5.95. The summed E-state index contributed by atoms with van der Waals surface area (Å²) >= 11 is 0. The maximum Gasteiger partial charge on any atom is 0.191 e. The first-order valence-electron chi connectivity index (χ1n) is 5.49. The quantitative estimate of drug-likeness (QED) is 0.515. The Balaban J connectivity index is 2.60. The third-order valence-electron chi connectivity index (χ3n) is 2.61. The van der Waals surface area contributed by atoms with Crippen LogP contribution in [0.4, 0.5) is 0 Å². The Kier molecular flexibility index (Phi) is 3.40. The van der Waals surface area contributed by atoms with Gasteiger partial charge >= 0.3 is 0 Å². The van der Waals surface area contributed by atoms with Crippen LogP contribution in [0.25, 0.3) is 0 Å². The van der Waals surface area contributed by atoms with E-state index in [9.17, 15) is 0 Å². The molecule has 0 saturated carbocycles. The summed E-state index contributed by atoms with van der Waals surface area (Å²) in [6.07, 6.45) is 2.51. The number of rotatable bonds is 1. The molecule has 1 rings (SSSR count). The van der Waals surface area contributed by atoms with Gasteiger partial charge in [0.1, 0.15) is 0 Å². The zero-order valence-electron chi connectivity index (χ0n) is 9.88. The highest BCUT2D eigenvalue weighted by molar-refractivity contribution is 5.78. The fraction of sp³-hybridized carbons (Fsp3) is 0.909. The minimum absolute atomic E-state index is 0.292. The monoisotopic (exact) mass is 197 g/mol. The molecule has 1 aliphatic rings. The number of hydrogen-bond acceptors (Lipinski definition) is 1. The lowest BCUT2D eigenvalue weighted by atomic mass is 9.84. The number of nitrogens with zero attached hydrogens (tertiary/aromatic N) is 2. The molecular formula is C11H23N3. The average molecular weight is 197 g/mol. The lowest BCUT2D eigenvalue weighted by Gasteiger charge is -2.38. The Morgan fingerprint density at radius 1 is 1.43 bits per heavy atom. The molecule has 0 aromatic carbocycles. The van der Waals surface area contributed by atoms with Crippen molar-refractivity contribution in [1.29, 1.82) is 0 Å². The zero-order valence-corrected chi connectivity index (χ0v) is 9.88. The molecule has 0 aromatic heterocycles. The second-order valence-electron chi connectivity index (χ2n) is 5.27. The third-order valence-corrected chi connectivity index (χ3v) is 2.61. The summed E-state index contributed by atoms with van der Waals surface area (Å²) in [6, 6.07) is 0.292. The molecule has 1 saturated heterocycles. The SMILES string of the molecule is CC(C)N=C(N)N1CCCC(C)(C)C1. The van der Waals surface area contributed by atoms with Crippen molar-refractivity contribution in [1.82, 2.24) is 4.90 Å². The summed E-state index contributed by atoms with van der Waals surface area (Å²) in [5.74, 6) is 0.716. The molecule has 3 nitrogen and oxygen atoms in total. The largest absolute Gasteiger partial charge is 0.370 e. The fourth-order valence-corrected chi connectivity index (χ4v) is 1.97. The van der Waals surface area contributed by atoms with Gasteiger partial charge in [-0.3, -0.25) is 4.99 Å². The number of aliphatic imine (C=N–C) groups is 1. The van der Waals surface area contributed by atoms with Crippen LogP contribution in [0, 0.1) is 5.41 Å².